The van der Waals surface area contributed by atoms with Gasteiger partial charge in [-0.3, -0.25) is 9.69 Å². The number of carbonyl (C=O) groups is 1. The first-order valence-corrected chi connectivity index (χ1v) is 6.97. The van der Waals surface area contributed by atoms with E-state index in [1.807, 2.05) is 24.0 Å². The summed E-state index contributed by atoms with van der Waals surface area (Å²) in [5, 5.41) is 8.95. The molecule has 17 heavy (non-hydrogen) atoms. The normalized spacial score (nSPS) is 17.4. The Morgan fingerprint density at radius 3 is 2.82 bits per heavy atom. The molecule has 1 aliphatic rings. The van der Waals surface area contributed by atoms with Crippen molar-refractivity contribution in [1.29, 1.82) is 0 Å². The summed E-state index contributed by atoms with van der Waals surface area (Å²) in [5.41, 5.74) is 0. The largest absolute Gasteiger partial charge is 0.480 e. The lowest BCUT2D eigenvalue weighted by Gasteiger charge is -2.26. The molecule has 0 aliphatic heterocycles. The molecular formula is C12H16ClNO2S. The topological polar surface area (TPSA) is 40.5 Å². The molecule has 2 rings (SSSR count). The van der Waals surface area contributed by atoms with Crippen molar-refractivity contribution in [2.45, 2.75) is 25.8 Å². The molecule has 5 heteroatoms. The van der Waals surface area contributed by atoms with Crippen LogP contribution in [0.5, 0.6) is 0 Å². The number of nitrogens with zero attached hydrogens (tertiary/aromatic N) is 1. The highest BCUT2D eigenvalue weighted by atomic mass is 35.5. The van der Waals surface area contributed by atoms with Gasteiger partial charge < -0.3 is 5.11 Å². The first kappa shape index (κ1) is 12.9. The minimum atomic E-state index is -0.764. The lowest BCUT2D eigenvalue weighted by molar-refractivity contribution is -0.138. The van der Waals surface area contributed by atoms with E-state index in [2.05, 4.69) is 0 Å². The Morgan fingerprint density at radius 2 is 2.35 bits per heavy atom. The summed E-state index contributed by atoms with van der Waals surface area (Å²) in [5.74, 6) is -0.0765. The van der Waals surface area contributed by atoms with Gasteiger partial charge in [0.15, 0.2) is 0 Å². The molecule has 1 aromatic rings. The summed E-state index contributed by atoms with van der Waals surface area (Å²) < 4.78 is 0.758. The molecule has 0 spiro atoms. The molecular weight excluding hydrogens is 258 g/mol. The minimum Gasteiger partial charge on any atom is -0.480 e. The van der Waals surface area contributed by atoms with Crippen LogP contribution in [-0.2, 0) is 4.79 Å². The van der Waals surface area contributed by atoms with E-state index in [4.69, 9.17) is 16.7 Å². The van der Waals surface area contributed by atoms with E-state index in [1.165, 1.54) is 24.2 Å². The van der Waals surface area contributed by atoms with E-state index in [-0.39, 0.29) is 12.6 Å². The van der Waals surface area contributed by atoms with Gasteiger partial charge >= 0.3 is 5.97 Å². The SMILES string of the molecule is CC(c1ccc(Cl)s1)N(CC(=O)O)CC1CC1. The molecule has 1 atom stereocenters. The van der Waals surface area contributed by atoms with E-state index in [0.29, 0.717) is 5.92 Å². The quantitative estimate of drug-likeness (QED) is 0.865. The van der Waals surface area contributed by atoms with E-state index < -0.39 is 5.97 Å². The van der Waals surface area contributed by atoms with Crippen molar-refractivity contribution in [1.82, 2.24) is 4.90 Å². The maximum atomic E-state index is 10.9. The van der Waals surface area contributed by atoms with Crippen LogP contribution in [0.25, 0.3) is 0 Å². The molecule has 3 nitrogen and oxygen atoms in total. The van der Waals surface area contributed by atoms with Crippen molar-refractivity contribution in [2.75, 3.05) is 13.1 Å². The summed E-state index contributed by atoms with van der Waals surface area (Å²) in [6.07, 6.45) is 2.46. The first-order valence-electron chi connectivity index (χ1n) is 5.77. The van der Waals surface area contributed by atoms with Crippen LogP contribution in [0, 0.1) is 5.92 Å². The van der Waals surface area contributed by atoms with Crippen LogP contribution in [0.2, 0.25) is 4.34 Å². The zero-order valence-electron chi connectivity index (χ0n) is 9.73. The number of carboxylic acid groups (broad SMARTS) is 1. The predicted octanol–water partition coefficient (Wildman–Crippen LogP) is 3.26. The zero-order chi connectivity index (χ0) is 12.4. The molecule has 0 bridgehead atoms. The predicted molar refractivity (Wildman–Crippen MR) is 69.7 cm³/mol. The Morgan fingerprint density at radius 1 is 1.65 bits per heavy atom. The molecule has 1 fully saturated rings. The van der Waals surface area contributed by atoms with Gasteiger partial charge in [0.1, 0.15) is 0 Å². The molecule has 94 valence electrons. The van der Waals surface area contributed by atoms with Gasteiger partial charge in [-0.15, -0.1) is 11.3 Å². The highest BCUT2D eigenvalue weighted by Gasteiger charge is 2.28. The van der Waals surface area contributed by atoms with Gasteiger partial charge in [-0.05, 0) is 37.8 Å². The second-order valence-electron chi connectivity index (χ2n) is 4.58. The third-order valence-corrected chi connectivity index (χ3v) is 4.48. The van der Waals surface area contributed by atoms with Gasteiger partial charge in [-0.1, -0.05) is 11.6 Å². The second-order valence-corrected chi connectivity index (χ2v) is 6.33. The van der Waals surface area contributed by atoms with Crippen molar-refractivity contribution in [3.05, 3.63) is 21.3 Å². The Kier molecular flexibility index (Phi) is 4.07. The number of hydrogen-bond donors (Lipinski definition) is 1. The first-order chi connectivity index (χ1) is 8.06. The lowest BCUT2D eigenvalue weighted by Crippen LogP contribution is -2.33. The highest BCUT2D eigenvalue weighted by molar-refractivity contribution is 7.16. The van der Waals surface area contributed by atoms with Crippen molar-refractivity contribution in [3.8, 4) is 0 Å². The summed E-state index contributed by atoms with van der Waals surface area (Å²) in [4.78, 5) is 14.1. The number of halogens is 1. The van der Waals surface area contributed by atoms with E-state index in [1.54, 1.807) is 0 Å². The standard InChI is InChI=1S/C12H16ClNO2S/c1-8(10-4-5-11(13)17-10)14(7-12(15)16)6-9-2-3-9/h4-5,8-9H,2-3,6-7H2,1H3,(H,15,16). The highest BCUT2D eigenvalue weighted by Crippen LogP contribution is 2.35. The Hall–Kier alpha value is -0.580. The number of thiophene rings is 1. The molecule has 1 saturated carbocycles. The minimum absolute atomic E-state index is 0.104. The monoisotopic (exact) mass is 273 g/mol. The fourth-order valence-electron chi connectivity index (χ4n) is 1.90. The van der Waals surface area contributed by atoms with Gasteiger partial charge in [-0.25, -0.2) is 0 Å². The van der Waals surface area contributed by atoms with Crippen molar-refractivity contribution < 1.29 is 9.90 Å². The van der Waals surface area contributed by atoms with Crippen molar-refractivity contribution in [2.24, 2.45) is 5.92 Å². The van der Waals surface area contributed by atoms with E-state index in [0.717, 1.165) is 15.8 Å². The molecule has 0 radical (unpaired) electrons. The number of carboxylic acids is 1. The summed E-state index contributed by atoms with van der Waals surface area (Å²) in [7, 11) is 0. The lowest BCUT2D eigenvalue weighted by atomic mass is 10.2. The fourth-order valence-corrected chi connectivity index (χ4v) is 3.05. The summed E-state index contributed by atoms with van der Waals surface area (Å²) >= 11 is 7.45. The average molecular weight is 274 g/mol. The van der Waals surface area contributed by atoms with Crippen LogP contribution in [0.4, 0.5) is 0 Å². The molecule has 1 aromatic heterocycles. The van der Waals surface area contributed by atoms with Crippen LogP contribution in [0.3, 0.4) is 0 Å². The third-order valence-electron chi connectivity index (χ3n) is 3.08. The van der Waals surface area contributed by atoms with Crippen molar-refractivity contribution in [3.63, 3.8) is 0 Å². The molecule has 0 aromatic carbocycles. The van der Waals surface area contributed by atoms with E-state index in [9.17, 15) is 4.79 Å². The maximum Gasteiger partial charge on any atom is 0.317 e. The van der Waals surface area contributed by atoms with Crippen LogP contribution >= 0.6 is 22.9 Å². The summed E-state index contributed by atoms with van der Waals surface area (Å²) in [6.45, 7) is 3.03. The van der Waals surface area contributed by atoms with Gasteiger partial charge in [0, 0.05) is 17.5 Å². The van der Waals surface area contributed by atoms with Crippen molar-refractivity contribution >= 4 is 28.9 Å². The molecule has 0 saturated heterocycles. The smallest absolute Gasteiger partial charge is 0.317 e. The van der Waals surface area contributed by atoms with Gasteiger partial charge in [0.25, 0.3) is 0 Å². The Balaban J connectivity index is 2.04. The second kappa shape index (κ2) is 5.38. The number of aliphatic carboxylic acids is 1. The Bertz CT molecular complexity index is 403. The molecule has 1 unspecified atom stereocenters. The van der Waals surface area contributed by atoms with E-state index >= 15 is 0 Å². The summed E-state index contributed by atoms with van der Waals surface area (Å²) in [6, 6.07) is 3.98. The van der Waals surface area contributed by atoms with Crippen LogP contribution in [-0.4, -0.2) is 29.1 Å². The zero-order valence-corrected chi connectivity index (χ0v) is 11.3. The average Bonchev–Trinajstić information content (AvgIpc) is 2.96. The fraction of sp³-hybridized carbons (Fsp3) is 0.583. The van der Waals surface area contributed by atoms with Gasteiger partial charge in [0.05, 0.1) is 10.9 Å². The number of rotatable bonds is 6. The van der Waals surface area contributed by atoms with Crippen LogP contribution in [0.15, 0.2) is 12.1 Å². The van der Waals surface area contributed by atoms with Gasteiger partial charge in [0.2, 0.25) is 0 Å². The molecule has 1 aliphatic carbocycles. The maximum absolute atomic E-state index is 10.9. The third kappa shape index (κ3) is 3.69. The van der Waals surface area contributed by atoms with Gasteiger partial charge in [-0.2, -0.15) is 0 Å². The molecule has 0 amide bonds. The number of hydrogen-bond acceptors (Lipinski definition) is 3. The van der Waals surface area contributed by atoms with Crippen LogP contribution in [0.1, 0.15) is 30.7 Å². The Labute approximate surface area is 110 Å². The molecule has 1 N–H and O–H groups in total. The molecule has 1 heterocycles. The van der Waals surface area contributed by atoms with Crippen LogP contribution < -0.4 is 0 Å².